The maximum atomic E-state index is 12.5. The number of carbonyl (C=O) groups is 1. The molecule has 1 aliphatic rings. The molecule has 0 saturated carbocycles. The molecular weight excluding hydrogens is 342 g/mol. The van der Waals surface area contributed by atoms with Crippen LogP contribution in [0.15, 0.2) is 40.9 Å². The zero-order chi connectivity index (χ0) is 18.8. The Bertz CT molecular complexity index is 960. The van der Waals surface area contributed by atoms with Crippen LogP contribution in [0.5, 0.6) is 0 Å². The number of urea groups is 1. The molecule has 1 saturated heterocycles. The Hall–Kier alpha value is -3.09. The molecule has 1 aliphatic heterocycles. The minimum Gasteiger partial charge on any atom is -0.439 e. The van der Waals surface area contributed by atoms with Gasteiger partial charge in [-0.3, -0.25) is 0 Å². The van der Waals surface area contributed by atoms with Crippen LogP contribution < -0.4 is 10.2 Å². The Morgan fingerprint density at radius 2 is 1.89 bits per heavy atom. The number of para-hydroxylation sites is 1. The Labute approximate surface area is 158 Å². The molecule has 0 bridgehead atoms. The molecule has 27 heavy (non-hydrogen) atoms. The number of benzene rings is 1. The smallest absolute Gasteiger partial charge is 0.317 e. The average molecular weight is 365 g/mol. The number of aryl methyl sites for hydroxylation is 2. The quantitative estimate of drug-likeness (QED) is 0.772. The van der Waals surface area contributed by atoms with Crippen molar-refractivity contribution in [1.29, 1.82) is 0 Å². The lowest BCUT2D eigenvalue weighted by molar-refractivity contribution is 0.192. The number of nitrogens with one attached hydrogen (secondary N) is 1. The van der Waals surface area contributed by atoms with Crippen molar-refractivity contribution in [2.45, 2.75) is 20.4 Å². The van der Waals surface area contributed by atoms with Gasteiger partial charge in [-0.15, -0.1) is 0 Å². The van der Waals surface area contributed by atoms with E-state index >= 15 is 0 Å². The van der Waals surface area contributed by atoms with Gasteiger partial charge < -0.3 is 19.5 Å². The first-order chi connectivity index (χ1) is 13.1. The second-order valence-electron chi connectivity index (χ2n) is 6.81. The molecule has 3 aromatic rings. The molecule has 3 heterocycles. The first-order valence-corrected chi connectivity index (χ1v) is 9.16. The van der Waals surface area contributed by atoms with Crippen LogP contribution in [-0.4, -0.2) is 47.1 Å². The summed E-state index contributed by atoms with van der Waals surface area (Å²) in [6, 6.07) is 9.73. The number of nitrogens with zero attached hydrogens (tertiary/aromatic N) is 4. The molecule has 7 heteroatoms. The van der Waals surface area contributed by atoms with E-state index in [0.717, 1.165) is 41.1 Å². The number of fused-ring (bicyclic) bond motifs is 1. The van der Waals surface area contributed by atoms with Crippen molar-refractivity contribution in [2.24, 2.45) is 0 Å². The van der Waals surface area contributed by atoms with Crippen molar-refractivity contribution < 1.29 is 9.21 Å². The number of hydrogen-bond donors (Lipinski definition) is 1. The van der Waals surface area contributed by atoms with Crippen LogP contribution >= 0.6 is 0 Å². The highest BCUT2D eigenvalue weighted by Crippen LogP contribution is 2.19. The number of carbonyl (C=O) groups excluding carboxylic acids is 1. The predicted molar refractivity (Wildman–Crippen MR) is 104 cm³/mol. The molecule has 1 fully saturated rings. The minimum atomic E-state index is -0.0913. The molecule has 0 spiro atoms. The molecule has 7 nitrogen and oxygen atoms in total. The highest BCUT2D eigenvalue weighted by molar-refractivity contribution is 5.77. The van der Waals surface area contributed by atoms with Crippen molar-refractivity contribution in [3.63, 3.8) is 0 Å². The number of amides is 2. The van der Waals surface area contributed by atoms with Gasteiger partial charge in [0, 0.05) is 32.4 Å². The fraction of sp³-hybridized carbons (Fsp3) is 0.350. The van der Waals surface area contributed by atoms with Gasteiger partial charge in [0.1, 0.15) is 11.3 Å². The molecule has 0 radical (unpaired) electrons. The lowest BCUT2D eigenvalue weighted by atomic mass is 10.2. The monoisotopic (exact) mass is 365 g/mol. The van der Waals surface area contributed by atoms with Gasteiger partial charge in [0.05, 0.1) is 6.54 Å². The highest BCUT2D eigenvalue weighted by Gasteiger charge is 2.22. The Morgan fingerprint density at radius 3 is 2.63 bits per heavy atom. The van der Waals surface area contributed by atoms with Crippen molar-refractivity contribution in [2.75, 3.05) is 31.1 Å². The standard InChI is InChI=1S/C20H23N5O2/c1-14-5-3-7-16-18(14)23-17(27-16)13-22-20(26)25-11-9-24(10-12-25)19-15(2)6-4-8-21-19/h3-8H,9-13H2,1-2H3,(H,22,26). The Morgan fingerprint density at radius 1 is 1.11 bits per heavy atom. The Kier molecular flexibility index (Phi) is 4.66. The topological polar surface area (TPSA) is 74.5 Å². The third kappa shape index (κ3) is 3.58. The lowest BCUT2D eigenvalue weighted by Crippen LogP contribution is -2.52. The van der Waals surface area contributed by atoms with Crippen molar-refractivity contribution in [3.05, 3.63) is 53.5 Å². The summed E-state index contributed by atoms with van der Waals surface area (Å²) in [6.07, 6.45) is 1.81. The lowest BCUT2D eigenvalue weighted by Gasteiger charge is -2.35. The zero-order valence-electron chi connectivity index (χ0n) is 15.6. The molecule has 4 rings (SSSR count). The molecule has 2 amide bonds. The van der Waals surface area contributed by atoms with E-state index in [4.69, 9.17) is 4.42 Å². The fourth-order valence-electron chi connectivity index (χ4n) is 3.40. The molecule has 0 atom stereocenters. The first kappa shape index (κ1) is 17.3. The minimum absolute atomic E-state index is 0.0913. The predicted octanol–water partition coefficient (Wildman–Crippen LogP) is 2.87. The molecule has 2 aromatic heterocycles. The van der Waals surface area contributed by atoms with Crippen LogP contribution in [0.3, 0.4) is 0 Å². The van der Waals surface area contributed by atoms with Crippen LogP contribution in [0.1, 0.15) is 17.0 Å². The van der Waals surface area contributed by atoms with Gasteiger partial charge in [0.2, 0.25) is 5.89 Å². The van der Waals surface area contributed by atoms with Gasteiger partial charge in [0.25, 0.3) is 0 Å². The van der Waals surface area contributed by atoms with Crippen LogP contribution in [-0.2, 0) is 6.54 Å². The highest BCUT2D eigenvalue weighted by atomic mass is 16.3. The molecule has 1 aromatic carbocycles. The van der Waals surface area contributed by atoms with Crippen LogP contribution in [0.25, 0.3) is 11.1 Å². The van der Waals surface area contributed by atoms with Gasteiger partial charge in [-0.1, -0.05) is 18.2 Å². The zero-order valence-corrected chi connectivity index (χ0v) is 15.6. The van der Waals surface area contributed by atoms with Gasteiger partial charge in [-0.2, -0.15) is 0 Å². The second kappa shape index (κ2) is 7.26. The van der Waals surface area contributed by atoms with Crippen molar-refractivity contribution in [3.8, 4) is 0 Å². The van der Waals surface area contributed by atoms with E-state index in [2.05, 4.69) is 33.2 Å². The Balaban J connectivity index is 1.33. The summed E-state index contributed by atoms with van der Waals surface area (Å²) in [5.41, 5.74) is 3.82. The molecular formula is C20H23N5O2. The summed E-state index contributed by atoms with van der Waals surface area (Å²) in [4.78, 5) is 25.5. The van der Waals surface area contributed by atoms with E-state index in [1.807, 2.05) is 42.3 Å². The number of piperazine rings is 1. The summed E-state index contributed by atoms with van der Waals surface area (Å²) in [5, 5.41) is 2.91. The first-order valence-electron chi connectivity index (χ1n) is 9.16. The largest absolute Gasteiger partial charge is 0.439 e. The SMILES string of the molecule is Cc1cccnc1N1CCN(C(=O)NCc2nc3c(C)cccc3o2)CC1. The van der Waals surface area contributed by atoms with E-state index < -0.39 is 0 Å². The second-order valence-corrected chi connectivity index (χ2v) is 6.81. The molecule has 140 valence electrons. The number of oxazole rings is 1. The number of hydrogen-bond acceptors (Lipinski definition) is 5. The van der Waals surface area contributed by atoms with Gasteiger partial charge in [0.15, 0.2) is 5.58 Å². The van der Waals surface area contributed by atoms with E-state index in [1.54, 1.807) is 0 Å². The molecule has 1 N–H and O–H groups in total. The van der Waals surface area contributed by atoms with Crippen molar-refractivity contribution in [1.82, 2.24) is 20.2 Å². The summed E-state index contributed by atoms with van der Waals surface area (Å²) in [7, 11) is 0. The van der Waals surface area contributed by atoms with Crippen LogP contribution in [0, 0.1) is 13.8 Å². The van der Waals surface area contributed by atoms with Crippen LogP contribution in [0.4, 0.5) is 10.6 Å². The summed E-state index contributed by atoms with van der Waals surface area (Å²) >= 11 is 0. The normalized spacial score (nSPS) is 14.6. The van der Waals surface area contributed by atoms with Gasteiger partial charge in [-0.05, 0) is 37.1 Å². The van der Waals surface area contributed by atoms with E-state index in [0.29, 0.717) is 19.0 Å². The van der Waals surface area contributed by atoms with E-state index in [9.17, 15) is 4.79 Å². The number of rotatable bonds is 3. The number of aromatic nitrogens is 2. The van der Waals surface area contributed by atoms with Gasteiger partial charge in [-0.25, -0.2) is 14.8 Å². The third-order valence-electron chi connectivity index (χ3n) is 4.90. The van der Waals surface area contributed by atoms with E-state index in [-0.39, 0.29) is 12.6 Å². The number of pyridine rings is 1. The fourth-order valence-corrected chi connectivity index (χ4v) is 3.40. The summed E-state index contributed by atoms with van der Waals surface area (Å²) in [5.74, 6) is 1.52. The van der Waals surface area contributed by atoms with E-state index in [1.165, 1.54) is 0 Å². The average Bonchev–Trinajstić information content (AvgIpc) is 3.11. The maximum absolute atomic E-state index is 12.5. The third-order valence-corrected chi connectivity index (χ3v) is 4.90. The van der Waals surface area contributed by atoms with Crippen molar-refractivity contribution >= 4 is 22.9 Å². The molecule has 0 aliphatic carbocycles. The molecule has 0 unspecified atom stereocenters. The van der Waals surface area contributed by atoms with Crippen LogP contribution in [0.2, 0.25) is 0 Å². The summed E-state index contributed by atoms with van der Waals surface area (Å²) < 4.78 is 5.71. The maximum Gasteiger partial charge on any atom is 0.317 e. The summed E-state index contributed by atoms with van der Waals surface area (Å²) in [6.45, 7) is 7.20. The number of anilines is 1. The van der Waals surface area contributed by atoms with Gasteiger partial charge >= 0.3 is 6.03 Å².